The zero-order chi connectivity index (χ0) is 31.5. The first-order valence-corrected chi connectivity index (χ1v) is 15.2. The summed E-state index contributed by atoms with van der Waals surface area (Å²) in [5.74, 6) is -0.897. The number of aromatic nitrogens is 3. The van der Waals surface area contributed by atoms with Gasteiger partial charge in [-0.25, -0.2) is 4.79 Å². The molecular formula is C36H30N4O6. The summed E-state index contributed by atoms with van der Waals surface area (Å²) in [4.78, 5) is 31.6. The van der Waals surface area contributed by atoms with E-state index in [0.29, 0.717) is 18.7 Å². The minimum absolute atomic E-state index is 0.0380. The fourth-order valence-electron chi connectivity index (χ4n) is 8.07. The first-order chi connectivity index (χ1) is 22.3. The molecular weight excluding hydrogens is 584 g/mol. The van der Waals surface area contributed by atoms with Crippen LogP contribution in [0, 0.1) is 0 Å². The Labute approximate surface area is 262 Å². The molecule has 0 radical (unpaired) electrons. The fourth-order valence-corrected chi connectivity index (χ4v) is 8.07. The monoisotopic (exact) mass is 614 g/mol. The van der Waals surface area contributed by atoms with E-state index >= 15 is 0 Å². The number of carbonyl (C=O) groups excluding carboxylic acids is 2. The van der Waals surface area contributed by atoms with E-state index in [-0.39, 0.29) is 12.3 Å². The molecule has 3 unspecified atom stereocenters. The van der Waals surface area contributed by atoms with E-state index < -0.39 is 23.5 Å². The van der Waals surface area contributed by atoms with Crippen LogP contribution in [0.2, 0.25) is 0 Å². The molecule has 230 valence electrons. The van der Waals surface area contributed by atoms with Crippen LogP contribution in [0.5, 0.6) is 0 Å². The number of hydrogen-bond donors (Lipinski definition) is 2. The third-order valence-corrected chi connectivity index (χ3v) is 10.1. The number of esters is 1. The maximum atomic E-state index is 13.7. The Morgan fingerprint density at radius 3 is 2.70 bits per heavy atom. The highest BCUT2D eigenvalue weighted by Gasteiger charge is 2.65. The van der Waals surface area contributed by atoms with Gasteiger partial charge in [-0.15, -0.1) is 0 Å². The second-order valence-corrected chi connectivity index (χ2v) is 12.4. The summed E-state index contributed by atoms with van der Waals surface area (Å²) in [6.07, 6.45) is 4.95. The normalized spacial score (nSPS) is 23.3. The number of fused-ring (bicyclic) bond motifs is 13. The van der Waals surface area contributed by atoms with Crippen LogP contribution in [0.1, 0.15) is 52.3 Å². The highest BCUT2D eigenvalue weighted by Crippen LogP contribution is 2.58. The van der Waals surface area contributed by atoms with Gasteiger partial charge in [0.25, 0.3) is 5.91 Å². The van der Waals surface area contributed by atoms with Crippen molar-refractivity contribution in [2.75, 3.05) is 14.2 Å². The Balaban J connectivity index is 1.47. The van der Waals surface area contributed by atoms with E-state index in [9.17, 15) is 14.7 Å². The molecule has 1 saturated heterocycles. The number of ether oxygens (including phenoxy) is 3. The number of hydrogen-bond acceptors (Lipinski definition) is 7. The van der Waals surface area contributed by atoms with E-state index in [0.717, 1.165) is 66.0 Å². The van der Waals surface area contributed by atoms with Crippen molar-refractivity contribution in [2.24, 2.45) is 0 Å². The number of nitrogens with one attached hydrogen (secondary N) is 1. The number of pyridine rings is 1. The van der Waals surface area contributed by atoms with Crippen molar-refractivity contribution in [3.63, 3.8) is 0 Å². The number of methoxy groups -OCH3 is 2. The molecule has 0 spiro atoms. The number of rotatable bonds is 5. The van der Waals surface area contributed by atoms with Gasteiger partial charge >= 0.3 is 5.97 Å². The van der Waals surface area contributed by atoms with Crippen molar-refractivity contribution < 1.29 is 28.9 Å². The largest absolute Gasteiger partial charge is 0.467 e. The molecule has 46 heavy (non-hydrogen) atoms. The zero-order valence-corrected chi connectivity index (χ0v) is 25.5. The van der Waals surface area contributed by atoms with E-state index in [2.05, 4.69) is 27.0 Å². The van der Waals surface area contributed by atoms with Gasteiger partial charge in [0.1, 0.15) is 6.23 Å². The third kappa shape index (κ3) is 3.28. The van der Waals surface area contributed by atoms with Crippen LogP contribution in [0.3, 0.4) is 0 Å². The average molecular weight is 615 g/mol. The van der Waals surface area contributed by atoms with Crippen molar-refractivity contribution in [2.45, 2.75) is 44.1 Å². The minimum atomic E-state index is -2.01. The van der Waals surface area contributed by atoms with E-state index in [1.54, 1.807) is 20.2 Å². The molecule has 1 fully saturated rings. The molecule has 3 aliphatic heterocycles. The molecule has 0 aliphatic carbocycles. The van der Waals surface area contributed by atoms with Crippen LogP contribution in [-0.2, 0) is 37.9 Å². The molecule has 9 rings (SSSR count). The highest BCUT2D eigenvalue weighted by molar-refractivity contribution is 6.31. The Hall–Kier alpha value is -5.03. The van der Waals surface area contributed by atoms with Gasteiger partial charge < -0.3 is 33.8 Å². The van der Waals surface area contributed by atoms with Gasteiger partial charge in [0.05, 0.1) is 47.0 Å². The number of nitrogens with zero attached hydrogens (tertiary/aromatic N) is 3. The van der Waals surface area contributed by atoms with Gasteiger partial charge in [-0.2, -0.15) is 0 Å². The highest BCUT2D eigenvalue weighted by atomic mass is 16.6. The number of aliphatic hydroxyl groups is 1. The van der Waals surface area contributed by atoms with Crippen LogP contribution >= 0.6 is 0 Å². The smallest absolute Gasteiger partial charge is 0.343 e. The number of benzene rings is 3. The van der Waals surface area contributed by atoms with Crippen molar-refractivity contribution in [3.05, 3.63) is 88.7 Å². The topological polar surface area (TPSA) is 117 Å². The lowest BCUT2D eigenvalue weighted by molar-refractivity contribution is -0.202. The van der Waals surface area contributed by atoms with Crippen molar-refractivity contribution in [1.82, 2.24) is 19.4 Å². The Kier molecular flexibility index (Phi) is 5.49. The maximum absolute atomic E-state index is 13.7. The predicted octanol–water partition coefficient (Wildman–Crippen LogP) is 5.37. The molecule has 10 nitrogen and oxygen atoms in total. The minimum Gasteiger partial charge on any atom is -0.467 e. The van der Waals surface area contributed by atoms with Crippen molar-refractivity contribution in [1.29, 1.82) is 0 Å². The van der Waals surface area contributed by atoms with Gasteiger partial charge in [0.15, 0.2) is 5.72 Å². The van der Waals surface area contributed by atoms with Gasteiger partial charge in [-0.05, 0) is 66.1 Å². The molecule has 10 heteroatoms. The summed E-state index contributed by atoms with van der Waals surface area (Å²) in [5, 5.41) is 18.9. The van der Waals surface area contributed by atoms with Gasteiger partial charge in [0, 0.05) is 47.8 Å². The quantitative estimate of drug-likeness (QED) is 0.251. The van der Waals surface area contributed by atoms with Crippen molar-refractivity contribution >= 4 is 67.6 Å². The maximum Gasteiger partial charge on any atom is 0.343 e. The lowest BCUT2D eigenvalue weighted by Gasteiger charge is -2.37. The molecule has 1 amide bonds. The zero-order valence-electron chi connectivity index (χ0n) is 25.5. The summed E-state index contributed by atoms with van der Waals surface area (Å²) in [6.45, 7) is 2.51. The number of carbonyl (C=O) groups is 2. The summed E-state index contributed by atoms with van der Waals surface area (Å²) < 4.78 is 21.5. The molecule has 3 aliphatic rings. The summed E-state index contributed by atoms with van der Waals surface area (Å²) in [6, 6.07) is 17.9. The lowest BCUT2D eigenvalue weighted by Crippen LogP contribution is -2.56. The van der Waals surface area contributed by atoms with Gasteiger partial charge in [0.2, 0.25) is 5.60 Å². The van der Waals surface area contributed by atoms with Crippen LogP contribution in [0.25, 0.3) is 55.8 Å². The molecule has 0 saturated carbocycles. The molecule has 3 aromatic heterocycles. The average Bonchev–Trinajstić information content (AvgIpc) is 3.76. The van der Waals surface area contributed by atoms with Crippen LogP contribution in [0.4, 0.5) is 0 Å². The van der Waals surface area contributed by atoms with Crippen molar-refractivity contribution in [3.8, 4) is 0 Å². The van der Waals surface area contributed by atoms with Gasteiger partial charge in [-0.1, -0.05) is 24.3 Å². The Morgan fingerprint density at radius 1 is 1.09 bits per heavy atom. The molecule has 3 aromatic carbocycles. The second-order valence-electron chi connectivity index (χ2n) is 12.4. The SMILES string of the molecule is COCc1ccc2c(c1)c1c3c(c4c5cc(/C=C/c6ccccn6)ccc5n5c4c1n2C1CC(O)(C(=O)OC)C5(C)O1)CNC3=O. The molecule has 2 N–H and O–H groups in total. The lowest BCUT2D eigenvalue weighted by atomic mass is 9.88. The molecule has 2 bridgehead atoms. The summed E-state index contributed by atoms with van der Waals surface area (Å²) in [7, 11) is 2.93. The predicted molar refractivity (Wildman–Crippen MR) is 173 cm³/mol. The summed E-state index contributed by atoms with van der Waals surface area (Å²) >= 11 is 0. The molecule has 6 heterocycles. The summed E-state index contributed by atoms with van der Waals surface area (Å²) in [5.41, 5.74) is 3.93. The fraction of sp³-hybridized carbons (Fsp3) is 0.250. The standard InChI is InChI=1S/C36H30N4O6/c1-35-36(43,34(42)45-3)16-27(46-35)39-25-11-9-20(18-44-2)15-22(25)29-30-24(17-38-33(30)41)28-23-14-19(7-10-21-6-4-5-13-37-21)8-12-26(23)40(35)32(28)31(29)39/h4-15,27,43H,16-18H2,1-3H3,(H,38,41)/b10-7+. The second kappa shape index (κ2) is 9.26. The molecule has 3 atom stereocenters. The van der Waals surface area contributed by atoms with Gasteiger partial charge in [-0.3, -0.25) is 9.78 Å². The Morgan fingerprint density at radius 2 is 1.91 bits per heavy atom. The van der Waals surface area contributed by atoms with E-state index in [1.807, 2.05) is 59.2 Å². The Bertz CT molecular complexity index is 2360. The van der Waals surface area contributed by atoms with Crippen LogP contribution in [-0.4, -0.2) is 50.9 Å². The number of amides is 1. The van der Waals surface area contributed by atoms with Crippen LogP contribution < -0.4 is 5.32 Å². The molecule has 6 aromatic rings. The van der Waals surface area contributed by atoms with E-state index in [1.165, 1.54) is 7.11 Å². The first kappa shape index (κ1) is 27.3. The third-order valence-electron chi connectivity index (χ3n) is 10.1. The van der Waals surface area contributed by atoms with Crippen LogP contribution in [0.15, 0.2) is 60.8 Å². The first-order valence-electron chi connectivity index (χ1n) is 15.2. The van der Waals surface area contributed by atoms with E-state index in [4.69, 9.17) is 14.2 Å².